The molecule has 0 aliphatic heterocycles. The first-order chi connectivity index (χ1) is 10.3. The first kappa shape index (κ1) is 12.7. The molecule has 0 saturated carbocycles. The van der Waals surface area contributed by atoms with Gasteiger partial charge in [0.2, 0.25) is 0 Å². The Hall–Kier alpha value is -2.04. The number of fused-ring (bicyclic) bond motifs is 2. The van der Waals surface area contributed by atoms with Gasteiger partial charge in [0.25, 0.3) is 0 Å². The Bertz CT molecular complexity index is 925. The lowest BCUT2D eigenvalue weighted by molar-refractivity contribution is 1.16. The molecule has 2 N–H and O–H groups in total. The number of anilines is 1. The second kappa shape index (κ2) is 5.06. The molecule has 0 aliphatic carbocycles. The standard InChI is InChI=1S/C16H12ClN3S/c17-12-3-4-14-16(20-9-21-14)15(12)19-8-10-1-2-11-5-6-18-13(11)7-10/h1-7,9,18-19H,8H2. The van der Waals surface area contributed by atoms with Gasteiger partial charge in [-0.3, -0.25) is 0 Å². The van der Waals surface area contributed by atoms with Crippen LogP contribution in [0.1, 0.15) is 5.56 Å². The van der Waals surface area contributed by atoms with Crippen molar-refractivity contribution < 1.29 is 0 Å². The van der Waals surface area contributed by atoms with E-state index in [4.69, 9.17) is 11.6 Å². The number of rotatable bonds is 3. The quantitative estimate of drug-likeness (QED) is 0.556. The summed E-state index contributed by atoms with van der Waals surface area (Å²) in [5, 5.41) is 5.34. The van der Waals surface area contributed by atoms with E-state index in [-0.39, 0.29) is 0 Å². The van der Waals surface area contributed by atoms with Gasteiger partial charge in [-0.2, -0.15) is 0 Å². The average Bonchev–Trinajstić information content (AvgIpc) is 3.14. The maximum atomic E-state index is 6.30. The van der Waals surface area contributed by atoms with Gasteiger partial charge in [0.05, 0.1) is 20.9 Å². The summed E-state index contributed by atoms with van der Waals surface area (Å²) in [6.45, 7) is 0.714. The van der Waals surface area contributed by atoms with Crippen molar-refractivity contribution in [3.05, 3.63) is 58.7 Å². The van der Waals surface area contributed by atoms with E-state index in [9.17, 15) is 0 Å². The van der Waals surface area contributed by atoms with Crippen LogP contribution >= 0.6 is 22.9 Å². The maximum Gasteiger partial charge on any atom is 0.106 e. The van der Waals surface area contributed by atoms with E-state index in [1.54, 1.807) is 11.3 Å². The summed E-state index contributed by atoms with van der Waals surface area (Å²) in [6.07, 6.45) is 1.95. The van der Waals surface area contributed by atoms with E-state index in [2.05, 4.69) is 39.6 Å². The molecular weight excluding hydrogens is 302 g/mol. The molecule has 4 aromatic rings. The molecule has 0 amide bonds. The van der Waals surface area contributed by atoms with Crippen molar-refractivity contribution in [1.82, 2.24) is 9.97 Å². The fourth-order valence-electron chi connectivity index (χ4n) is 2.47. The molecule has 5 heteroatoms. The van der Waals surface area contributed by atoms with E-state index in [0.29, 0.717) is 11.6 Å². The van der Waals surface area contributed by atoms with Gasteiger partial charge in [-0.25, -0.2) is 4.98 Å². The van der Waals surface area contributed by atoms with E-state index in [1.807, 2.05) is 23.8 Å². The molecule has 104 valence electrons. The summed E-state index contributed by atoms with van der Waals surface area (Å²) < 4.78 is 1.14. The third kappa shape index (κ3) is 2.26. The van der Waals surface area contributed by atoms with Crippen LogP contribution in [0.5, 0.6) is 0 Å². The van der Waals surface area contributed by atoms with Crippen LogP contribution in [0, 0.1) is 0 Å². The van der Waals surface area contributed by atoms with E-state index < -0.39 is 0 Å². The second-order valence-corrected chi connectivity index (χ2v) is 6.17. The first-order valence-corrected chi connectivity index (χ1v) is 7.88. The van der Waals surface area contributed by atoms with Gasteiger partial charge >= 0.3 is 0 Å². The number of H-pyrrole nitrogens is 1. The third-order valence-electron chi connectivity index (χ3n) is 3.54. The SMILES string of the molecule is Clc1ccc2scnc2c1NCc1ccc2cc[nH]c2c1. The Kier molecular flexibility index (Phi) is 3.05. The molecule has 0 bridgehead atoms. The topological polar surface area (TPSA) is 40.7 Å². The van der Waals surface area contributed by atoms with Crippen LogP contribution in [0.25, 0.3) is 21.1 Å². The summed E-state index contributed by atoms with van der Waals surface area (Å²) in [6, 6.07) is 12.4. The van der Waals surface area contributed by atoms with Gasteiger partial charge in [-0.05, 0) is 35.2 Å². The Labute approximate surface area is 130 Å². The van der Waals surface area contributed by atoms with Crippen LogP contribution < -0.4 is 5.32 Å². The van der Waals surface area contributed by atoms with Crippen molar-refractivity contribution in [3.63, 3.8) is 0 Å². The number of hydrogen-bond donors (Lipinski definition) is 2. The van der Waals surface area contributed by atoms with Crippen molar-refractivity contribution in [3.8, 4) is 0 Å². The molecule has 0 aliphatic rings. The fourth-order valence-corrected chi connectivity index (χ4v) is 3.37. The number of benzene rings is 2. The van der Waals surface area contributed by atoms with E-state index in [1.165, 1.54) is 10.9 Å². The number of hydrogen-bond acceptors (Lipinski definition) is 3. The molecule has 0 atom stereocenters. The van der Waals surface area contributed by atoms with Crippen molar-refractivity contribution in [2.24, 2.45) is 0 Å². The van der Waals surface area contributed by atoms with Crippen molar-refractivity contribution in [1.29, 1.82) is 0 Å². The predicted molar refractivity (Wildman–Crippen MR) is 90.3 cm³/mol. The zero-order chi connectivity index (χ0) is 14.2. The minimum absolute atomic E-state index is 0.703. The summed E-state index contributed by atoms with van der Waals surface area (Å²) >= 11 is 7.92. The highest BCUT2D eigenvalue weighted by atomic mass is 35.5. The summed E-state index contributed by atoms with van der Waals surface area (Å²) in [4.78, 5) is 7.63. The molecule has 4 rings (SSSR count). The Morgan fingerprint density at radius 2 is 2.14 bits per heavy atom. The number of halogens is 1. The molecule has 0 unspecified atom stereocenters. The van der Waals surface area contributed by atoms with Crippen LogP contribution in [0.15, 0.2) is 48.1 Å². The van der Waals surface area contributed by atoms with Crippen LogP contribution in [-0.4, -0.2) is 9.97 Å². The summed E-state index contributed by atoms with van der Waals surface area (Å²) in [5.74, 6) is 0. The third-order valence-corrected chi connectivity index (χ3v) is 4.65. The first-order valence-electron chi connectivity index (χ1n) is 6.63. The van der Waals surface area contributed by atoms with Crippen LogP contribution in [0.4, 0.5) is 5.69 Å². The van der Waals surface area contributed by atoms with Gasteiger partial charge in [0.15, 0.2) is 0 Å². The highest BCUT2D eigenvalue weighted by molar-refractivity contribution is 7.16. The Morgan fingerprint density at radius 3 is 3.10 bits per heavy atom. The van der Waals surface area contributed by atoms with Crippen molar-refractivity contribution in [2.45, 2.75) is 6.54 Å². The number of aromatic amines is 1. The van der Waals surface area contributed by atoms with Crippen LogP contribution in [0.2, 0.25) is 5.02 Å². The van der Waals surface area contributed by atoms with Gasteiger partial charge in [0, 0.05) is 18.3 Å². The minimum atomic E-state index is 0.703. The van der Waals surface area contributed by atoms with Gasteiger partial charge in [-0.15, -0.1) is 11.3 Å². The average molecular weight is 314 g/mol. The highest BCUT2D eigenvalue weighted by Gasteiger charge is 2.08. The van der Waals surface area contributed by atoms with Crippen molar-refractivity contribution in [2.75, 3.05) is 5.32 Å². The zero-order valence-corrected chi connectivity index (χ0v) is 12.6. The zero-order valence-electron chi connectivity index (χ0n) is 11.1. The molecule has 2 aromatic heterocycles. The molecule has 0 fully saturated rings. The van der Waals surface area contributed by atoms with Gasteiger partial charge in [-0.1, -0.05) is 23.7 Å². The number of nitrogens with zero attached hydrogens (tertiary/aromatic N) is 1. The normalized spacial score (nSPS) is 11.3. The molecular formula is C16H12ClN3S. The lowest BCUT2D eigenvalue weighted by Gasteiger charge is -2.09. The number of aromatic nitrogens is 2. The lowest BCUT2D eigenvalue weighted by Crippen LogP contribution is -2.00. The van der Waals surface area contributed by atoms with Crippen LogP contribution in [0.3, 0.4) is 0 Å². The van der Waals surface area contributed by atoms with Crippen molar-refractivity contribution >= 4 is 49.7 Å². The summed E-state index contributed by atoms with van der Waals surface area (Å²) in [7, 11) is 0. The monoisotopic (exact) mass is 313 g/mol. The summed E-state index contributed by atoms with van der Waals surface area (Å²) in [5.41, 5.74) is 6.04. The largest absolute Gasteiger partial charge is 0.378 e. The molecule has 3 nitrogen and oxygen atoms in total. The predicted octanol–water partition coefficient (Wildman–Crippen LogP) is 5.04. The molecule has 2 heterocycles. The smallest absolute Gasteiger partial charge is 0.106 e. The molecule has 21 heavy (non-hydrogen) atoms. The Morgan fingerprint density at radius 1 is 1.19 bits per heavy atom. The fraction of sp³-hybridized carbons (Fsp3) is 0.0625. The van der Waals surface area contributed by atoms with Gasteiger partial charge in [0.1, 0.15) is 5.52 Å². The lowest BCUT2D eigenvalue weighted by atomic mass is 10.1. The van der Waals surface area contributed by atoms with E-state index in [0.717, 1.165) is 21.4 Å². The molecule has 0 spiro atoms. The highest BCUT2D eigenvalue weighted by Crippen LogP contribution is 2.32. The number of thiazole rings is 1. The van der Waals surface area contributed by atoms with Crippen LogP contribution in [-0.2, 0) is 6.54 Å². The molecule has 2 aromatic carbocycles. The van der Waals surface area contributed by atoms with Gasteiger partial charge < -0.3 is 10.3 Å². The maximum absolute atomic E-state index is 6.30. The van der Waals surface area contributed by atoms with E-state index >= 15 is 0 Å². The Balaban J connectivity index is 1.65. The molecule has 0 radical (unpaired) electrons. The number of nitrogens with one attached hydrogen (secondary N) is 2. The second-order valence-electron chi connectivity index (χ2n) is 4.87. The molecule has 0 saturated heterocycles. The minimum Gasteiger partial charge on any atom is -0.378 e.